The summed E-state index contributed by atoms with van der Waals surface area (Å²) >= 11 is 5.95. The number of carbonyl (C=O) groups excluding carboxylic acids is 1. The first-order valence-electron chi connectivity index (χ1n) is 8.09. The summed E-state index contributed by atoms with van der Waals surface area (Å²) in [6, 6.07) is 15.9. The molecule has 1 fully saturated rings. The molecule has 0 aromatic heterocycles. The topological polar surface area (TPSA) is 65.4 Å². The van der Waals surface area contributed by atoms with E-state index in [2.05, 4.69) is 11.4 Å². The van der Waals surface area contributed by atoms with Gasteiger partial charge in [-0.25, -0.2) is 4.79 Å². The molecule has 1 saturated heterocycles. The van der Waals surface area contributed by atoms with Gasteiger partial charge in [0.05, 0.1) is 24.3 Å². The maximum atomic E-state index is 12.9. The van der Waals surface area contributed by atoms with Gasteiger partial charge in [0.1, 0.15) is 0 Å². The summed E-state index contributed by atoms with van der Waals surface area (Å²) in [5.41, 5.74) is 1.96. The predicted octanol–water partition coefficient (Wildman–Crippen LogP) is 4.55. The summed E-state index contributed by atoms with van der Waals surface area (Å²) in [5, 5.41) is 12.5. The number of amides is 2. The Morgan fingerprint density at radius 1 is 1.36 bits per heavy atom. The molecule has 3 rings (SSSR count). The number of nitrogens with one attached hydrogen (secondary N) is 1. The Balaban J connectivity index is 1.83. The SMILES string of the molecule is CCC1COC(c2ccc(Cl)cc2)N1C(=O)Nc1cccc(C#N)c1. The Morgan fingerprint density at radius 2 is 2.12 bits per heavy atom. The van der Waals surface area contributed by atoms with E-state index < -0.39 is 6.23 Å². The smallest absolute Gasteiger partial charge is 0.324 e. The fraction of sp³-hybridized carbons (Fsp3) is 0.263. The lowest BCUT2D eigenvalue weighted by Gasteiger charge is -2.28. The molecule has 1 aliphatic heterocycles. The highest BCUT2D eigenvalue weighted by Crippen LogP contribution is 2.33. The molecule has 1 aliphatic rings. The standard InChI is InChI=1S/C19H18ClN3O2/c1-2-17-12-25-18(14-6-8-15(20)9-7-14)23(17)19(24)22-16-5-3-4-13(10-16)11-21/h3-10,17-18H,2,12H2,1H3,(H,22,24). The van der Waals surface area contributed by atoms with Crippen LogP contribution in [0, 0.1) is 11.3 Å². The van der Waals surface area contributed by atoms with Crippen LogP contribution in [0.4, 0.5) is 10.5 Å². The van der Waals surface area contributed by atoms with Gasteiger partial charge < -0.3 is 10.1 Å². The monoisotopic (exact) mass is 355 g/mol. The van der Waals surface area contributed by atoms with Crippen molar-refractivity contribution in [2.75, 3.05) is 11.9 Å². The zero-order chi connectivity index (χ0) is 17.8. The highest BCUT2D eigenvalue weighted by molar-refractivity contribution is 6.30. The minimum Gasteiger partial charge on any atom is -0.352 e. The van der Waals surface area contributed by atoms with Crippen LogP contribution < -0.4 is 5.32 Å². The van der Waals surface area contributed by atoms with Crippen molar-refractivity contribution in [2.45, 2.75) is 25.6 Å². The van der Waals surface area contributed by atoms with Gasteiger partial charge >= 0.3 is 6.03 Å². The Bertz CT molecular complexity index is 801. The minimum atomic E-state index is -0.457. The molecule has 2 aromatic carbocycles. The first kappa shape index (κ1) is 17.3. The summed E-state index contributed by atoms with van der Waals surface area (Å²) in [4.78, 5) is 14.6. The lowest BCUT2D eigenvalue weighted by Crippen LogP contribution is -2.40. The van der Waals surface area contributed by atoms with Crippen LogP contribution in [0.1, 0.15) is 30.7 Å². The molecule has 128 valence electrons. The molecule has 2 amide bonds. The molecule has 2 unspecified atom stereocenters. The molecule has 6 heteroatoms. The molecule has 0 spiro atoms. The number of nitriles is 1. The highest BCUT2D eigenvalue weighted by Gasteiger charge is 2.38. The number of urea groups is 1. The van der Waals surface area contributed by atoms with Crippen LogP contribution in [0.5, 0.6) is 0 Å². The third-order valence-corrected chi connectivity index (χ3v) is 4.45. The second-order valence-electron chi connectivity index (χ2n) is 5.83. The Morgan fingerprint density at radius 3 is 2.80 bits per heavy atom. The average Bonchev–Trinajstić information content (AvgIpc) is 3.06. The first-order valence-corrected chi connectivity index (χ1v) is 8.46. The van der Waals surface area contributed by atoms with Gasteiger partial charge in [0.25, 0.3) is 0 Å². The van der Waals surface area contributed by atoms with Crippen molar-refractivity contribution in [2.24, 2.45) is 0 Å². The fourth-order valence-corrected chi connectivity index (χ4v) is 3.01. The number of hydrogen-bond acceptors (Lipinski definition) is 3. The molecule has 25 heavy (non-hydrogen) atoms. The molecule has 0 bridgehead atoms. The van der Waals surface area contributed by atoms with Gasteiger partial charge in [-0.15, -0.1) is 0 Å². The largest absolute Gasteiger partial charge is 0.352 e. The molecule has 0 aliphatic carbocycles. The normalized spacial score (nSPS) is 19.5. The van der Waals surface area contributed by atoms with Crippen molar-refractivity contribution in [1.29, 1.82) is 5.26 Å². The van der Waals surface area contributed by atoms with Gasteiger partial charge in [0.2, 0.25) is 0 Å². The number of halogens is 1. The average molecular weight is 356 g/mol. The maximum absolute atomic E-state index is 12.9. The van der Waals surface area contributed by atoms with Gasteiger partial charge in [-0.3, -0.25) is 4.90 Å². The van der Waals surface area contributed by atoms with Crippen LogP contribution in [-0.4, -0.2) is 23.6 Å². The molecule has 1 N–H and O–H groups in total. The van der Waals surface area contributed by atoms with E-state index >= 15 is 0 Å². The van der Waals surface area contributed by atoms with Crippen LogP contribution in [0.25, 0.3) is 0 Å². The lowest BCUT2D eigenvalue weighted by atomic mass is 10.1. The second-order valence-corrected chi connectivity index (χ2v) is 6.27. The van der Waals surface area contributed by atoms with Crippen LogP contribution >= 0.6 is 11.6 Å². The lowest BCUT2D eigenvalue weighted by molar-refractivity contribution is 0.0509. The molecular weight excluding hydrogens is 338 g/mol. The number of rotatable bonds is 3. The zero-order valence-electron chi connectivity index (χ0n) is 13.8. The van der Waals surface area contributed by atoms with E-state index in [1.807, 2.05) is 19.1 Å². The second kappa shape index (κ2) is 7.56. The third kappa shape index (κ3) is 3.76. The number of hydrogen-bond donors (Lipinski definition) is 1. The van der Waals surface area contributed by atoms with Gasteiger partial charge in [0, 0.05) is 16.3 Å². The molecule has 5 nitrogen and oxygen atoms in total. The maximum Gasteiger partial charge on any atom is 0.324 e. The molecular formula is C19H18ClN3O2. The number of ether oxygens (including phenoxy) is 1. The van der Waals surface area contributed by atoms with E-state index in [0.717, 1.165) is 12.0 Å². The van der Waals surface area contributed by atoms with Crippen molar-refractivity contribution in [3.63, 3.8) is 0 Å². The molecule has 2 atom stereocenters. The molecule has 1 heterocycles. The molecule has 0 saturated carbocycles. The van der Waals surface area contributed by atoms with Crippen molar-refractivity contribution in [3.05, 3.63) is 64.7 Å². The van der Waals surface area contributed by atoms with E-state index in [-0.39, 0.29) is 12.1 Å². The Hall–Kier alpha value is -2.55. The number of benzene rings is 2. The van der Waals surface area contributed by atoms with E-state index in [1.165, 1.54) is 0 Å². The van der Waals surface area contributed by atoms with Crippen LogP contribution in [-0.2, 0) is 4.74 Å². The van der Waals surface area contributed by atoms with E-state index in [9.17, 15) is 4.79 Å². The van der Waals surface area contributed by atoms with E-state index in [1.54, 1.807) is 41.3 Å². The third-order valence-electron chi connectivity index (χ3n) is 4.20. The van der Waals surface area contributed by atoms with Crippen LogP contribution in [0.15, 0.2) is 48.5 Å². The zero-order valence-corrected chi connectivity index (χ0v) is 14.5. The number of carbonyl (C=O) groups is 1. The molecule has 0 radical (unpaired) electrons. The fourth-order valence-electron chi connectivity index (χ4n) is 2.88. The number of anilines is 1. The summed E-state index contributed by atoms with van der Waals surface area (Å²) in [6.45, 7) is 2.50. The van der Waals surface area contributed by atoms with E-state index in [0.29, 0.717) is 22.9 Å². The summed E-state index contributed by atoms with van der Waals surface area (Å²) in [5.74, 6) is 0. The van der Waals surface area contributed by atoms with Gasteiger partial charge in [-0.2, -0.15) is 5.26 Å². The van der Waals surface area contributed by atoms with Gasteiger partial charge in [0.15, 0.2) is 6.23 Å². The van der Waals surface area contributed by atoms with Crippen molar-refractivity contribution in [1.82, 2.24) is 4.90 Å². The molecule has 2 aromatic rings. The van der Waals surface area contributed by atoms with Gasteiger partial charge in [-0.05, 0) is 36.8 Å². The predicted molar refractivity (Wildman–Crippen MR) is 96.2 cm³/mol. The first-order chi connectivity index (χ1) is 12.1. The highest BCUT2D eigenvalue weighted by atomic mass is 35.5. The Kier molecular flexibility index (Phi) is 5.22. The minimum absolute atomic E-state index is 0.0140. The van der Waals surface area contributed by atoms with Crippen LogP contribution in [0.3, 0.4) is 0 Å². The van der Waals surface area contributed by atoms with Gasteiger partial charge in [-0.1, -0.05) is 36.7 Å². The van der Waals surface area contributed by atoms with Crippen molar-refractivity contribution < 1.29 is 9.53 Å². The quantitative estimate of drug-likeness (QED) is 0.878. The van der Waals surface area contributed by atoms with Crippen molar-refractivity contribution in [3.8, 4) is 6.07 Å². The Labute approximate surface area is 151 Å². The summed E-state index contributed by atoms with van der Waals surface area (Å²) < 4.78 is 5.87. The number of nitrogens with zero attached hydrogens (tertiary/aromatic N) is 2. The van der Waals surface area contributed by atoms with Crippen LogP contribution in [0.2, 0.25) is 5.02 Å². The summed E-state index contributed by atoms with van der Waals surface area (Å²) in [7, 11) is 0. The summed E-state index contributed by atoms with van der Waals surface area (Å²) in [6.07, 6.45) is 0.330. The van der Waals surface area contributed by atoms with E-state index in [4.69, 9.17) is 21.6 Å². The van der Waals surface area contributed by atoms with Crippen molar-refractivity contribution >= 4 is 23.3 Å².